The number of rotatable bonds is 2. The zero-order valence-electron chi connectivity index (χ0n) is 12.0. The van der Waals surface area contributed by atoms with Gasteiger partial charge in [0.1, 0.15) is 5.69 Å². The van der Waals surface area contributed by atoms with Crippen LogP contribution in [0.15, 0.2) is 41.9 Å². The number of nitrogens with zero attached hydrogens (tertiary/aromatic N) is 3. The number of anilines is 1. The summed E-state index contributed by atoms with van der Waals surface area (Å²) in [6, 6.07) is 9.90. The lowest BCUT2D eigenvalue weighted by Crippen LogP contribution is -2.48. The fourth-order valence-electron chi connectivity index (χ4n) is 2.83. The molecule has 3 heterocycles. The molecule has 22 heavy (non-hydrogen) atoms. The van der Waals surface area contributed by atoms with Crippen LogP contribution in [-0.2, 0) is 0 Å². The van der Waals surface area contributed by atoms with Crippen LogP contribution in [0.5, 0.6) is 0 Å². The Hall–Kier alpha value is -2.34. The third kappa shape index (κ3) is 2.35. The fourth-order valence-corrected chi connectivity index (χ4v) is 3.53. The van der Waals surface area contributed by atoms with E-state index in [-0.39, 0.29) is 5.91 Å². The lowest BCUT2D eigenvalue weighted by atomic mass is 10.2. The minimum absolute atomic E-state index is 0.0787. The first-order chi connectivity index (χ1) is 10.8. The summed E-state index contributed by atoms with van der Waals surface area (Å²) in [6.07, 6.45) is 1.82. The van der Waals surface area contributed by atoms with Gasteiger partial charge >= 0.3 is 0 Å². The minimum atomic E-state index is 0.0787. The summed E-state index contributed by atoms with van der Waals surface area (Å²) in [5.41, 5.74) is 1.68. The maximum absolute atomic E-state index is 12.6. The number of carbonyl (C=O) groups excluding carboxylic acids is 1. The third-order valence-electron chi connectivity index (χ3n) is 4.02. The number of thiazole rings is 1. The summed E-state index contributed by atoms with van der Waals surface area (Å²) in [6.45, 7) is 3.13. The molecule has 3 aromatic rings. The number of benzene rings is 1. The fraction of sp³-hybridized carbons (Fsp3) is 0.250. The van der Waals surface area contributed by atoms with Crippen LogP contribution in [0.2, 0.25) is 0 Å². The number of nitrogens with one attached hydrogen (secondary N) is 1. The highest BCUT2D eigenvalue weighted by Gasteiger charge is 2.24. The molecule has 1 N–H and O–H groups in total. The van der Waals surface area contributed by atoms with Crippen LogP contribution in [0.3, 0.4) is 0 Å². The van der Waals surface area contributed by atoms with Crippen LogP contribution >= 0.6 is 11.3 Å². The maximum Gasteiger partial charge on any atom is 0.270 e. The highest BCUT2D eigenvalue weighted by molar-refractivity contribution is 7.13. The van der Waals surface area contributed by atoms with Gasteiger partial charge in [-0.15, -0.1) is 11.3 Å². The predicted octanol–water partition coefficient (Wildman–Crippen LogP) is 2.59. The molecule has 1 aliphatic rings. The van der Waals surface area contributed by atoms with Gasteiger partial charge in [0, 0.05) is 48.7 Å². The monoisotopic (exact) mass is 312 g/mol. The number of piperazine rings is 1. The molecule has 1 saturated heterocycles. The van der Waals surface area contributed by atoms with E-state index in [1.165, 1.54) is 0 Å². The number of para-hydroxylation sites is 1. The Labute approximate surface area is 132 Å². The average molecular weight is 312 g/mol. The molecule has 0 spiro atoms. The molecule has 2 aromatic heterocycles. The Morgan fingerprint density at radius 3 is 2.73 bits per heavy atom. The highest BCUT2D eigenvalue weighted by atomic mass is 32.1. The second-order valence-corrected chi connectivity index (χ2v) is 6.24. The molecule has 0 bridgehead atoms. The van der Waals surface area contributed by atoms with Gasteiger partial charge in [0.05, 0.1) is 0 Å². The summed E-state index contributed by atoms with van der Waals surface area (Å²) < 4.78 is 0. The van der Waals surface area contributed by atoms with Crippen molar-refractivity contribution in [3.8, 4) is 0 Å². The molecule has 112 valence electrons. The number of aromatic nitrogens is 2. The van der Waals surface area contributed by atoms with E-state index in [9.17, 15) is 4.79 Å². The molecule has 0 radical (unpaired) electrons. The smallest absolute Gasteiger partial charge is 0.270 e. The standard InChI is InChI=1S/C16H16N4OS/c21-15(14-11-12-3-1-2-4-13(12)18-14)19-6-8-20(9-7-19)16-17-5-10-22-16/h1-5,10-11,18H,6-9H2. The summed E-state index contributed by atoms with van der Waals surface area (Å²) in [4.78, 5) is 24.3. The van der Waals surface area contributed by atoms with E-state index >= 15 is 0 Å². The maximum atomic E-state index is 12.6. The first-order valence-corrected chi connectivity index (χ1v) is 8.21. The lowest BCUT2D eigenvalue weighted by molar-refractivity contribution is 0.0742. The molecule has 0 unspecified atom stereocenters. The average Bonchev–Trinajstić information content (AvgIpc) is 3.23. The zero-order valence-corrected chi connectivity index (χ0v) is 12.8. The molecule has 1 aliphatic heterocycles. The van der Waals surface area contributed by atoms with Crippen molar-refractivity contribution < 1.29 is 4.79 Å². The third-order valence-corrected chi connectivity index (χ3v) is 4.85. The van der Waals surface area contributed by atoms with Crippen LogP contribution in [0, 0.1) is 0 Å². The molecule has 0 saturated carbocycles. The molecular formula is C16H16N4OS. The molecule has 1 amide bonds. The van der Waals surface area contributed by atoms with Crippen molar-refractivity contribution in [3.05, 3.63) is 47.6 Å². The summed E-state index contributed by atoms with van der Waals surface area (Å²) in [5, 5.41) is 4.10. The molecular weight excluding hydrogens is 296 g/mol. The Bertz CT molecular complexity index is 754. The number of hydrogen-bond acceptors (Lipinski definition) is 4. The van der Waals surface area contributed by atoms with Gasteiger partial charge in [-0.3, -0.25) is 4.79 Å². The number of hydrogen-bond donors (Lipinski definition) is 1. The van der Waals surface area contributed by atoms with Crippen LogP contribution < -0.4 is 4.90 Å². The van der Waals surface area contributed by atoms with Gasteiger partial charge in [-0.1, -0.05) is 18.2 Å². The van der Waals surface area contributed by atoms with Gasteiger partial charge in [-0.05, 0) is 12.1 Å². The van der Waals surface area contributed by atoms with Crippen molar-refractivity contribution in [2.45, 2.75) is 0 Å². The van der Waals surface area contributed by atoms with E-state index in [0.29, 0.717) is 5.69 Å². The van der Waals surface area contributed by atoms with E-state index in [1.54, 1.807) is 11.3 Å². The van der Waals surface area contributed by atoms with Crippen LogP contribution in [0.25, 0.3) is 10.9 Å². The zero-order chi connectivity index (χ0) is 14.9. The quantitative estimate of drug-likeness (QED) is 0.791. The SMILES string of the molecule is O=C(c1cc2ccccc2[nH]1)N1CCN(c2nccs2)CC1. The molecule has 6 heteroatoms. The van der Waals surface area contributed by atoms with Crippen molar-refractivity contribution in [2.75, 3.05) is 31.1 Å². The normalized spacial score (nSPS) is 15.5. The molecule has 1 fully saturated rings. The van der Waals surface area contributed by atoms with Gasteiger partial charge in [-0.25, -0.2) is 4.98 Å². The molecule has 1 aromatic carbocycles. The Morgan fingerprint density at radius 2 is 2.00 bits per heavy atom. The van der Waals surface area contributed by atoms with Gasteiger partial charge in [-0.2, -0.15) is 0 Å². The van der Waals surface area contributed by atoms with Crippen molar-refractivity contribution in [1.82, 2.24) is 14.9 Å². The first-order valence-electron chi connectivity index (χ1n) is 7.33. The second kappa shape index (κ2) is 5.46. The number of aromatic amines is 1. The highest BCUT2D eigenvalue weighted by Crippen LogP contribution is 2.20. The second-order valence-electron chi connectivity index (χ2n) is 5.36. The summed E-state index contributed by atoms with van der Waals surface area (Å²) in [7, 11) is 0. The Kier molecular flexibility index (Phi) is 3.31. The van der Waals surface area contributed by atoms with Gasteiger partial charge < -0.3 is 14.8 Å². The van der Waals surface area contributed by atoms with Gasteiger partial charge in [0.15, 0.2) is 5.13 Å². The van der Waals surface area contributed by atoms with Crippen molar-refractivity contribution >= 4 is 33.3 Å². The number of amides is 1. The van der Waals surface area contributed by atoms with Gasteiger partial charge in [0.25, 0.3) is 5.91 Å². The number of H-pyrrole nitrogens is 1. The van der Waals surface area contributed by atoms with E-state index in [2.05, 4.69) is 14.9 Å². The van der Waals surface area contributed by atoms with E-state index in [4.69, 9.17) is 0 Å². The Morgan fingerprint density at radius 1 is 1.18 bits per heavy atom. The van der Waals surface area contributed by atoms with Crippen molar-refractivity contribution in [2.24, 2.45) is 0 Å². The predicted molar refractivity (Wildman–Crippen MR) is 88.5 cm³/mol. The minimum Gasteiger partial charge on any atom is -0.351 e. The Balaban J connectivity index is 1.47. The molecule has 5 nitrogen and oxygen atoms in total. The van der Waals surface area contributed by atoms with E-state index in [0.717, 1.165) is 42.2 Å². The van der Waals surface area contributed by atoms with Gasteiger partial charge in [0.2, 0.25) is 0 Å². The largest absolute Gasteiger partial charge is 0.351 e. The van der Waals surface area contributed by atoms with Crippen molar-refractivity contribution in [1.29, 1.82) is 0 Å². The number of fused-ring (bicyclic) bond motifs is 1. The topological polar surface area (TPSA) is 52.2 Å². The molecule has 0 aliphatic carbocycles. The number of carbonyl (C=O) groups is 1. The molecule has 4 rings (SSSR count). The van der Waals surface area contributed by atoms with Crippen LogP contribution in [0.1, 0.15) is 10.5 Å². The van der Waals surface area contributed by atoms with Crippen LogP contribution in [-0.4, -0.2) is 47.0 Å². The molecule has 0 atom stereocenters. The summed E-state index contributed by atoms with van der Waals surface area (Å²) >= 11 is 1.64. The van der Waals surface area contributed by atoms with E-state index < -0.39 is 0 Å². The van der Waals surface area contributed by atoms with E-state index in [1.807, 2.05) is 46.8 Å². The lowest BCUT2D eigenvalue weighted by Gasteiger charge is -2.34. The van der Waals surface area contributed by atoms with Crippen molar-refractivity contribution in [3.63, 3.8) is 0 Å². The van der Waals surface area contributed by atoms with Crippen LogP contribution in [0.4, 0.5) is 5.13 Å². The summed E-state index contributed by atoms with van der Waals surface area (Å²) in [5.74, 6) is 0.0787. The first kappa shape index (κ1) is 13.3.